The summed E-state index contributed by atoms with van der Waals surface area (Å²) >= 11 is 1.54. The number of nitro groups is 1. The number of carbonyl (C=O) groups excluding carboxylic acids is 1. The molecule has 32 heavy (non-hydrogen) atoms. The molecule has 4 rings (SSSR count). The zero-order valence-corrected chi connectivity index (χ0v) is 17.9. The van der Waals surface area contributed by atoms with Gasteiger partial charge >= 0.3 is 0 Å². The van der Waals surface area contributed by atoms with Crippen LogP contribution in [0.4, 0.5) is 5.69 Å². The van der Waals surface area contributed by atoms with Gasteiger partial charge in [-0.25, -0.2) is 4.98 Å². The lowest BCUT2D eigenvalue weighted by Crippen LogP contribution is -2.27. The zero-order chi connectivity index (χ0) is 22.5. The number of benzene rings is 3. The second-order valence-corrected chi connectivity index (χ2v) is 7.91. The van der Waals surface area contributed by atoms with E-state index in [1.807, 2.05) is 42.6 Å². The molecule has 1 amide bonds. The number of nitrogens with zero attached hydrogens (tertiary/aromatic N) is 2. The number of aromatic nitrogens is 1. The van der Waals surface area contributed by atoms with Crippen LogP contribution in [0, 0.1) is 10.1 Å². The van der Waals surface area contributed by atoms with Gasteiger partial charge in [0.25, 0.3) is 11.6 Å². The van der Waals surface area contributed by atoms with Crippen LogP contribution in [-0.2, 0) is 0 Å². The molecule has 0 aliphatic rings. The molecule has 0 spiro atoms. The van der Waals surface area contributed by atoms with E-state index in [0.29, 0.717) is 5.75 Å². The molecule has 0 radical (unpaired) electrons. The highest BCUT2D eigenvalue weighted by molar-refractivity contribution is 7.13. The van der Waals surface area contributed by atoms with Crippen molar-refractivity contribution in [1.29, 1.82) is 0 Å². The molecule has 160 valence electrons. The number of amides is 1. The fraction of sp³-hybridized carbons (Fsp3) is 0.0833. The Morgan fingerprint density at radius 3 is 2.62 bits per heavy atom. The standard InChI is InChI=1S/C24H19N3O4S/c1-16(17-6-5-7-18(14-17)24-25-12-13-32-24)26-23(28)21-15-19(27(29)30)10-11-22(21)31-20-8-3-2-4-9-20/h2-16H,1H3,(H,26,28). The SMILES string of the molecule is CC(NC(=O)c1cc([N+](=O)[O-])ccc1Oc1ccccc1)c1cccc(-c2nccs2)c1. The van der Waals surface area contributed by atoms with Crippen molar-refractivity contribution in [2.45, 2.75) is 13.0 Å². The van der Waals surface area contributed by atoms with Gasteiger partial charge in [0, 0.05) is 29.3 Å². The van der Waals surface area contributed by atoms with Gasteiger partial charge in [0.2, 0.25) is 0 Å². The Morgan fingerprint density at radius 2 is 1.91 bits per heavy atom. The lowest BCUT2D eigenvalue weighted by atomic mass is 10.0. The summed E-state index contributed by atoms with van der Waals surface area (Å²) in [5.41, 5.74) is 1.75. The number of hydrogen-bond donors (Lipinski definition) is 1. The number of hydrogen-bond acceptors (Lipinski definition) is 6. The maximum absolute atomic E-state index is 13.1. The molecule has 1 heterocycles. The van der Waals surface area contributed by atoms with Crippen molar-refractivity contribution in [2.75, 3.05) is 0 Å². The third-order valence-electron chi connectivity index (χ3n) is 4.80. The molecule has 1 aromatic heterocycles. The fourth-order valence-electron chi connectivity index (χ4n) is 3.18. The smallest absolute Gasteiger partial charge is 0.270 e. The molecule has 7 nitrogen and oxygen atoms in total. The first kappa shape index (κ1) is 21.2. The van der Waals surface area contributed by atoms with E-state index in [0.717, 1.165) is 16.1 Å². The van der Waals surface area contributed by atoms with Crippen molar-refractivity contribution >= 4 is 22.9 Å². The number of para-hydroxylation sites is 1. The van der Waals surface area contributed by atoms with Crippen LogP contribution in [0.1, 0.15) is 28.9 Å². The molecule has 3 aromatic carbocycles. The first-order valence-corrected chi connectivity index (χ1v) is 10.7. The predicted octanol–water partition coefficient (Wildman–Crippen LogP) is 6.00. The number of non-ortho nitro benzene ring substituents is 1. The molecule has 4 aromatic rings. The Labute approximate surface area is 188 Å². The zero-order valence-electron chi connectivity index (χ0n) is 17.1. The van der Waals surface area contributed by atoms with Crippen LogP contribution < -0.4 is 10.1 Å². The summed E-state index contributed by atoms with van der Waals surface area (Å²) in [7, 11) is 0. The predicted molar refractivity (Wildman–Crippen MR) is 123 cm³/mol. The summed E-state index contributed by atoms with van der Waals surface area (Å²) in [4.78, 5) is 28.2. The molecule has 1 N–H and O–H groups in total. The van der Waals surface area contributed by atoms with Crippen LogP contribution in [0.2, 0.25) is 0 Å². The molecular weight excluding hydrogens is 426 g/mol. The number of ether oxygens (including phenoxy) is 1. The van der Waals surface area contributed by atoms with Gasteiger partial charge in [0.15, 0.2) is 0 Å². The molecular formula is C24H19N3O4S. The van der Waals surface area contributed by atoms with Crippen molar-refractivity contribution in [1.82, 2.24) is 10.3 Å². The molecule has 0 saturated heterocycles. The average Bonchev–Trinajstić information content (AvgIpc) is 3.35. The van der Waals surface area contributed by atoms with E-state index in [1.54, 1.807) is 30.5 Å². The minimum Gasteiger partial charge on any atom is -0.457 e. The summed E-state index contributed by atoms with van der Waals surface area (Å²) in [6, 6.07) is 20.3. The highest BCUT2D eigenvalue weighted by atomic mass is 32.1. The minimum absolute atomic E-state index is 0.0889. The van der Waals surface area contributed by atoms with E-state index in [-0.39, 0.29) is 23.0 Å². The van der Waals surface area contributed by atoms with Crippen LogP contribution in [-0.4, -0.2) is 15.8 Å². The van der Waals surface area contributed by atoms with E-state index < -0.39 is 10.8 Å². The molecule has 0 bridgehead atoms. The van der Waals surface area contributed by atoms with Crippen LogP contribution >= 0.6 is 11.3 Å². The van der Waals surface area contributed by atoms with Gasteiger partial charge in [-0.3, -0.25) is 14.9 Å². The van der Waals surface area contributed by atoms with Crippen molar-refractivity contribution in [3.05, 3.63) is 106 Å². The van der Waals surface area contributed by atoms with Gasteiger partial charge in [-0.2, -0.15) is 0 Å². The van der Waals surface area contributed by atoms with Crippen LogP contribution in [0.5, 0.6) is 11.5 Å². The summed E-state index contributed by atoms with van der Waals surface area (Å²) in [5, 5.41) is 17.0. The van der Waals surface area contributed by atoms with E-state index in [9.17, 15) is 14.9 Å². The summed E-state index contributed by atoms with van der Waals surface area (Å²) in [6.07, 6.45) is 1.74. The van der Waals surface area contributed by atoms with E-state index in [4.69, 9.17) is 4.74 Å². The summed E-state index contributed by atoms with van der Waals surface area (Å²) < 4.78 is 5.83. The fourth-order valence-corrected chi connectivity index (χ4v) is 3.81. The lowest BCUT2D eigenvalue weighted by molar-refractivity contribution is -0.384. The first-order valence-electron chi connectivity index (χ1n) is 9.83. The third kappa shape index (κ3) is 4.81. The molecule has 0 aliphatic carbocycles. The van der Waals surface area contributed by atoms with Crippen LogP contribution in [0.15, 0.2) is 84.4 Å². The van der Waals surface area contributed by atoms with Gasteiger partial charge in [0.1, 0.15) is 16.5 Å². The van der Waals surface area contributed by atoms with Crippen LogP contribution in [0.3, 0.4) is 0 Å². The van der Waals surface area contributed by atoms with Crippen LogP contribution in [0.25, 0.3) is 10.6 Å². The lowest BCUT2D eigenvalue weighted by Gasteiger charge is -2.17. The number of rotatable bonds is 7. The van der Waals surface area contributed by atoms with Crippen molar-refractivity contribution in [3.8, 4) is 22.1 Å². The van der Waals surface area contributed by atoms with Crippen molar-refractivity contribution in [3.63, 3.8) is 0 Å². The number of thiazole rings is 1. The molecule has 0 fully saturated rings. The Kier molecular flexibility index (Phi) is 6.23. The minimum atomic E-state index is -0.538. The maximum Gasteiger partial charge on any atom is 0.270 e. The van der Waals surface area contributed by atoms with E-state index >= 15 is 0 Å². The van der Waals surface area contributed by atoms with E-state index in [1.165, 1.54) is 29.5 Å². The second kappa shape index (κ2) is 9.40. The van der Waals surface area contributed by atoms with Gasteiger partial charge < -0.3 is 10.1 Å². The van der Waals surface area contributed by atoms with E-state index in [2.05, 4.69) is 10.3 Å². The average molecular weight is 446 g/mol. The van der Waals surface area contributed by atoms with Crippen molar-refractivity contribution in [2.24, 2.45) is 0 Å². The van der Waals surface area contributed by atoms with Gasteiger partial charge in [-0.1, -0.05) is 36.4 Å². The molecule has 8 heteroatoms. The Morgan fingerprint density at radius 1 is 1.09 bits per heavy atom. The quantitative estimate of drug-likeness (QED) is 0.278. The van der Waals surface area contributed by atoms with Gasteiger partial charge in [-0.15, -0.1) is 11.3 Å². The highest BCUT2D eigenvalue weighted by Crippen LogP contribution is 2.30. The number of carbonyl (C=O) groups is 1. The Bertz CT molecular complexity index is 1240. The summed E-state index contributed by atoms with van der Waals surface area (Å²) in [6.45, 7) is 1.86. The topological polar surface area (TPSA) is 94.4 Å². The maximum atomic E-state index is 13.1. The monoisotopic (exact) mass is 445 g/mol. The second-order valence-electron chi connectivity index (χ2n) is 7.01. The van der Waals surface area contributed by atoms with Crippen molar-refractivity contribution < 1.29 is 14.5 Å². The summed E-state index contributed by atoms with van der Waals surface area (Å²) in [5.74, 6) is 0.300. The largest absolute Gasteiger partial charge is 0.457 e. The molecule has 1 unspecified atom stereocenters. The normalized spacial score (nSPS) is 11.5. The molecule has 1 atom stereocenters. The van der Waals surface area contributed by atoms with Gasteiger partial charge in [-0.05, 0) is 36.8 Å². The number of nitrogens with one attached hydrogen (secondary N) is 1. The highest BCUT2D eigenvalue weighted by Gasteiger charge is 2.20. The molecule has 0 saturated carbocycles. The Balaban J connectivity index is 1.60. The molecule has 0 aliphatic heterocycles. The number of nitro benzene ring substituents is 1. The first-order chi connectivity index (χ1) is 15.5. The third-order valence-corrected chi connectivity index (χ3v) is 5.63. The van der Waals surface area contributed by atoms with Gasteiger partial charge in [0.05, 0.1) is 16.5 Å². The Hall–Kier alpha value is -4.04.